The summed E-state index contributed by atoms with van der Waals surface area (Å²) in [6.07, 6.45) is 19.1. The molecule has 2 heterocycles. The van der Waals surface area contributed by atoms with Crippen molar-refractivity contribution in [3.8, 4) is 0 Å². The van der Waals surface area contributed by atoms with E-state index in [1.165, 1.54) is 77.0 Å². The Kier molecular flexibility index (Phi) is 4.42. The van der Waals surface area contributed by atoms with Gasteiger partial charge in [0, 0.05) is 24.9 Å². The summed E-state index contributed by atoms with van der Waals surface area (Å²) in [6, 6.07) is 0. The monoisotopic (exact) mass is 542 g/mol. The van der Waals surface area contributed by atoms with Gasteiger partial charge in [-0.25, -0.2) is 0 Å². The predicted octanol–water partition coefficient (Wildman–Crippen LogP) is 4.44. The minimum atomic E-state index is -0.450. The maximum atomic E-state index is 14.1. The highest BCUT2D eigenvalue weighted by atomic mass is 16.2. The van der Waals surface area contributed by atoms with E-state index in [1.807, 2.05) is 12.2 Å². The van der Waals surface area contributed by atoms with Crippen LogP contribution >= 0.6 is 0 Å². The van der Waals surface area contributed by atoms with E-state index in [-0.39, 0.29) is 46.3 Å². The van der Waals surface area contributed by atoms with Gasteiger partial charge in [-0.05, 0) is 123 Å². The summed E-state index contributed by atoms with van der Waals surface area (Å²) in [5, 5.41) is 0. The Labute approximate surface area is 236 Å². The van der Waals surface area contributed by atoms with Crippen molar-refractivity contribution in [1.29, 1.82) is 0 Å². The standard InChI is InChI=1S/C34H42N2O4/c37-29-25-23-1-2-24(27(25)31(39)35(29)15-33-9-17-3-18(10-33)5-19(4-17)11-33)28-26(23)30(38)36(32(28)40)16-34-12-20-6-21(13-34)8-22(7-20)14-34/h1-2,17-28H,3-16H2/t17?,18?,19?,20?,21?,22?,23?,24?,25-,26+,27+,28-,33?,34?. The molecule has 9 saturated carbocycles. The molecule has 11 fully saturated rings. The third-order valence-corrected chi connectivity index (χ3v) is 14.5. The fourth-order valence-corrected chi connectivity index (χ4v) is 14.3. The first-order chi connectivity index (χ1) is 19.3. The van der Waals surface area contributed by atoms with Crippen LogP contribution in [0.25, 0.3) is 0 Å². The Morgan fingerprint density at radius 3 is 0.975 bits per heavy atom. The molecule has 6 heteroatoms. The average molecular weight is 543 g/mol. The molecule has 0 spiro atoms. The van der Waals surface area contributed by atoms with Gasteiger partial charge in [-0.3, -0.25) is 29.0 Å². The fourth-order valence-electron chi connectivity index (χ4n) is 14.3. The van der Waals surface area contributed by atoms with E-state index in [2.05, 4.69) is 0 Å². The molecule has 13 aliphatic rings. The molecule has 11 aliphatic carbocycles. The van der Waals surface area contributed by atoms with Crippen LogP contribution in [0.5, 0.6) is 0 Å². The largest absolute Gasteiger partial charge is 0.282 e. The molecule has 6 nitrogen and oxygen atoms in total. The van der Waals surface area contributed by atoms with E-state index in [0.717, 1.165) is 35.5 Å². The average Bonchev–Trinajstić information content (AvgIpc) is 3.30. The number of carbonyl (C=O) groups is 4. The van der Waals surface area contributed by atoms with E-state index in [1.54, 1.807) is 9.80 Å². The first kappa shape index (κ1) is 23.6. The van der Waals surface area contributed by atoms with Crippen LogP contribution < -0.4 is 0 Å². The minimum absolute atomic E-state index is 0.0386. The zero-order valence-corrected chi connectivity index (χ0v) is 23.5. The van der Waals surface area contributed by atoms with Crippen LogP contribution in [0.1, 0.15) is 77.0 Å². The third-order valence-electron chi connectivity index (χ3n) is 14.5. The molecule has 2 unspecified atom stereocenters. The molecule has 0 aromatic rings. The van der Waals surface area contributed by atoms with Gasteiger partial charge in [0.05, 0.1) is 23.7 Å². The molecule has 2 saturated heterocycles. The second kappa shape index (κ2) is 7.50. The number of hydrogen-bond acceptors (Lipinski definition) is 4. The number of likely N-dealkylation sites (tertiary alicyclic amines) is 2. The van der Waals surface area contributed by atoms with Gasteiger partial charge in [-0.2, -0.15) is 0 Å². The first-order valence-corrected chi connectivity index (χ1v) is 16.7. The smallest absolute Gasteiger partial charge is 0.233 e. The summed E-state index contributed by atoms with van der Waals surface area (Å²) < 4.78 is 0. The van der Waals surface area contributed by atoms with Crippen LogP contribution in [-0.4, -0.2) is 46.5 Å². The van der Waals surface area contributed by atoms with Crippen LogP contribution in [-0.2, 0) is 19.2 Å². The van der Waals surface area contributed by atoms with Crippen LogP contribution in [0.2, 0.25) is 0 Å². The summed E-state index contributed by atoms with van der Waals surface area (Å²) in [4.78, 5) is 59.6. The molecule has 40 heavy (non-hydrogen) atoms. The van der Waals surface area contributed by atoms with Gasteiger partial charge in [0.2, 0.25) is 23.6 Å². The molecule has 6 atom stereocenters. The number of amides is 4. The molecule has 0 N–H and O–H groups in total. The second-order valence-corrected chi connectivity index (χ2v) is 17.0. The molecule has 0 aromatic carbocycles. The SMILES string of the molecule is O=C1[C@@H]2C3C=CC([C@H]4C(=O)N(CC56CC7CC(CC(C7)C5)C6)C(=O)[C@@H]34)[C@@H]2C(=O)N1CC12CC3CC(CC(C3)C1)C2. The highest BCUT2D eigenvalue weighted by Gasteiger charge is 2.69. The quantitative estimate of drug-likeness (QED) is 0.389. The molecular formula is C34H42N2O4. The highest BCUT2D eigenvalue weighted by Crippen LogP contribution is 2.64. The van der Waals surface area contributed by atoms with Crippen LogP contribution in [0, 0.1) is 81.8 Å². The van der Waals surface area contributed by atoms with Gasteiger partial charge in [0.15, 0.2) is 0 Å². The summed E-state index contributed by atoms with van der Waals surface area (Å²) in [6.45, 7) is 1.16. The van der Waals surface area contributed by atoms with Crippen LogP contribution in [0.15, 0.2) is 12.2 Å². The Bertz CT molecular complexity index is 1070. The normalized spacial score (nSPS) is 56.2. The fraction of sp³-hybridized carbons (Fsp3) is 0.824. The van der Waals surface area contributed by atoms with E-state index in [4.69, 9.17) is 0 Å². The van der Waals surface area contributed by atoms with Crippen molar-refractivity contribution < 1.29 is 19.2 Å². The lowest BCUT2D eigenvalue weighted by Gasteiger charge is -2.57. The predicted molar refractivity (Wildman–Crippen MR) is 145 cm³/mol. The third kappa shape index (κ3) is 2.92. The first-order valence-electron chi connectivity index (χ1n) is 16.7. The van der Waals surface area contributed by atoms with Crippen molar-refractivity contribution in [2.24, 2.45) is 81.8 Å². The van der Waals surface area contributed by atoms with E-state index < -0.39 is 23.7 Å². The van der Waals surface area contributed by atoms with Crippen LogP contribution in [0.3, 0.4) is 0 Å². The number of carbonyl (C=O) groups excluding carboxylic acids is 4. The van der Waals surface area contributed by atoms with E-state index in [9.17, 15) is 19.2 Å². The number of hydrogen-bond donors (Lipinski definition) is 0. The van der Waals surface area contributed by atoms with Crippen molar-refractivity contribution in [1.82, 2.24) is 9.80 Å². The molecular weight excluding hydrogens is 500 g/mol. The summed E-state index contributed by atoms with van der Waals surface area (Å²) in [5.74, 6) is 2.06. The van der Waals surface area contributed by atoms with E-state index in [0.29, 0.717) is 13.1 Å². The van der Waals surface area contributed by atoms with Gasteiger partial charge in [-0.15, -0.1) is 0 Å². The number of nitrogens with zero attached hydrogens (tertiary/aromatic N) is 2. The van der Waals surface area contributed by atoms with Gasteiger partial charge in [0.1, 0.15) is 0 Å². The van der Waals surface area contributed by atoms with Gasteiger partial charge in [0.25, 0.3) is 0 Å². The Morgan fingerprint density at radius 2 is 0.725 bits per heavy atom. The molecule has 0 aromatic heterocycles. The Hall–Kier alpha value is -1.98. The summed E-state index contributed by atoms with van der Waals surface area (Å²) in [7, 11) is 0. The van der Waals surface area contributed by atoms with Gasteiger partial charge >= 0.3 is 0 Å². The molecule has 10 bridgehead atoms. The molecule has 2 aliphatic heterocycles. The van der Waals surface area contributed by atoms with Gasteiger partial charge in [-0.1, -0.05) is 12.2 Å². The number of allylic oxidation sites excluding steroid dienone is 2. The Morgan fingerprint density at radius 1 is 0.475 bits per heavy atom. The second-order valence-electron chi connectivity index (χ2n) is 17.0. The lowest BCUT2D eigenvalue weighted by molar-refractivity contribution is -0.146. The molecule has 13 rings (SSSR count). The van der Waals surface area contributed by atoms with Crippen molar-refractivity contribution >= 4 is 23.6 Å². The van der Waals surface area contributed by atoms with Crippen molar-refractivity contribution in [3.05, 3.63) is 12.2 Å². The molecule has 212 valence electrons. The number of rotatable bonds is 4. The van der Waals surface area contributed by atoms with Crippen molar-refractivity contribution in [2.75, 3.05) is 13.1 Å². The summed E-state index contributed by atoms with van der Waals surface area (Å²) in [5.41, 5.74) is 0.215. The summed E-state index contributed by atoms with van der Waals surface area (Å²) >= 11 is 0. The minimum Gasteiger partial charge on any atom is -0.282 e. The van der Waals surface area contributed by atoms with Crippen molar-refractivity contribution in [3.63, 3.8) is 0 Å². The zero-order chi connectivity index (χ0) is 26.7. The number of imide groups is 2. The highest BCUT2D eigenvalue weighted by molar-refractivity contribution is 6.11. The molecule has 4 amide bonds. The van der Waals surface area contributed by atoms with Gasteiger partial charge < -0.3 is 0 Å². The van der Waals surface area contributed by atoms with E-state index >= 15 is 0 Å². The maximum absolute atomic E-state index is 14.1. The van der Waals surface area contributed by atoms with Crippen LogP contribution in [0.4, 0.5) is 0 Å². The Balaban J connectivity index is 0.929. The lowest BCUT2D eigenvalue weighted by Crippen LogP contribution is -2.52. The topological polar surface area (TPSA) is 74.8 Å². The van der Waals surface area contributed by atoms with Crippen molar-refractivity contribution in [2.45, 2.75) is 77.0 Å². The lowest BCUT2D eigenvalue weighted by atomic mass is 9.49. The maximum Gasteiger partial charge on any atom is 0.233 e. The zero-order valence-electron chi connectivity index (χ0n) is 23.5. The molecule has 0 radical (unpaired) electrons.